The van der Waals surface area contributed by atoms with E-state index in [-0.39, 0.29) is 11.7 Å². The van der Waals surface area contributed by atoms with E-state index in [1.165, 1.54) is 29.9 Å². The lowest BCUT2D eigenvalue weighted by molar-refractivity contribution is -0.137. The molecular weight excluding hydrogens is 344 g/mol. The molecular formula is C14H22N8O2S. The molecule has 2 aromatic rings. The molecule has 0 aliphatic rings. The Balaban J connectivity index is 2.18. The molecule has 0 spiro atoms. The number of ether oxygens (including phenoxy) is 1. The lowest BCUT2D eigenvalue weighted by atomic mass is 10.2. The molecule has 0 aliphatic carbocycles. The molecule has 0 saturated heterocycles. The number of hydrogen-bond donors (Lipinski definition) is 2. The second-order valence-electron chi connectivity index (χ2n) is 5.42. The third-order valence-corrected chi connectivity index (χ3v) is 3.67. The Morgan fingerprint density at radius 3 is 2.64 bits per heavy atom. The van der Waals surface area contributed by atoms with Crippen LogP contribution in [-0.4, -0.2) is 61.6 Å². The highest BCUT2D eigenvalue weighted by atomic mass is 32.2. The second kappa shape index (κ2) is 9.16. The number of rotatable bonds is 9. The Kier molecular flexibility index (Phi) is 6.92. The Hall–Kier alpha value is -2.43. The third-order valence-electron chi connectivity index (χ3n) is 2.85. The molecule has 0 unspecified atom stereocenters. The van der Waals surface area contributed by atoms with Gasteiger partial charge in [-0.05, 0) is 12.8 Å². The van der Waals surface area contributed by atoms with E-state index in [0.717, 1.165) is 6.54 Å². The van der Waals surface area contributed by atoms with Gasteiger partial charge in [-0.2, -0.15) is 19.6 Å². The number of nitrogens with zero attached hydrogens (tertiary/aromatic N) is 6. The van der Waals surface area contributed by atoms with E-state index in [0.29, 0.717) is 35.5 Å². The molecule has 136 valence electrons. The Morgan fingerprint density at radius 2 is 2.00 bits per heavy atom. The summed E-state index contributed by atoms with van der Waals surface area (Å²) in [5.74, 6) is 1.52. The topological polar surface area (TPSA) is 120 Å². The van der Waals surface area contributed by atoms with Gasteiger partial charge < -0.3 is 15.4 Å². The van der Waals surface area contributed by atoms with Gasteiger partial charge in [0.1, 0.15) is 6.33 Å². The molecule has 11 heteroatoms. The molecule has 0 radical (unpaired) electrons. The van der Waals surface area contributed by atoms with Crippen LogP contribution in [-0.2, 0) is 9.53 Å². The monoisotopic (exact) mass is 366 g/mol. The van der Waals surface area contributed by atoms with Crippen molar-refractivity contribution in [2.75, 3.05) is 36.6 Å². The number of thioether (sulfide) groups is 1. The van der Waals surface area contributed by atoms with E-state index in [1.807, 2.05) is 6.92 Å². The highest BCUT2D eigenvalue weighted by Crippen LogP contribution is 2.14. The normalized spacial score (nSPS) is 10.8. The first kappa shape index (κ1) is 18.9. The first-order chi connectivity index (χ1) is 12.0. The number of anilines is 2. The number of nitrogens with one attached hydrogen (secondary N) is 2. The fraction of sp³-hybridized carbons (Fsp3) is 0.571. The lowest BCUT2D eigenvalue weighted by Gasteiger charge is -2.10. The summed E-state index contributed by atoms with van der Waals surface area (Å²) in [6.07, 6.45) is 1.50. The SMILES string of the molecule is CCNc1nc(NCC(C)C)nc(-n2cnc(SCC(=O)OC)n2)n1. The molecule has 2 aromatic heterocycles. The number of carbonyl (C=O) groups excluding carboxylic acids is 1. The molecule has 2 N–H and O–H groups in total. The van der Waals surface area contributed by atoms with Crippen molar-refractivity contribution < 1.29 is 9.53 Å². The quantitative estimate of drug-likeness (QED) is 0.495. The van der Waals surface area contributed by atoms with E-state index in [1.54, 1.807) is 0 Å². The molecule has 2 heterocycles. The maximum atomic E-state index is 11.2. The zero-order valence-corrected chi connectivity index (χ0v) is 15.5. The Bertz CT molecular complexity index is 706. The molecule has 0 fully saturated rings. The van der Waals surface area contributed by atoms with Gasteiger partial charge in [-0.25, -0.2) is 4.98 Å². The number of carbonyl (C=O) groups is 1. The highest BCUT2D eigenvalue weighted by Gasteiger charge is 2.12. The second-order valence-corrected chi connectivity index (χ2v) is 6.37. The van der Waals surface area contributed by atoms with Gasteiger partial charge >= 0.3 is 5.97 Å². The van der Waals surface area contributed by atoms with Crippen LogP contribution in [0.25, 0.3) is 5.95 Å². The van der Waals surface area contributed by atoms with Gasteiger partial charge in [0, 0.05) is 13.1 Å². The zero-order chi connectivity index (χ0) is 18.2. The minimum Gasteiger partial charge on any atom is -0.468 e. The molecule has 0 amide bonds. The fourth-order valence-electron chi connectivity index (χ4n) is 1.67. The third kappa shape index (κ3) is 5.85. The van der Waals surface area contributed by atoms with Gasteiger partial charge in [-0.1, -0.05) is 25.6 Å². The molecule has 2 rings (SSSR count). The summed E-state index contributed by atoms with van der Waals surface area (Å²) < 4.78 is 6.04. The van der Waals surface area contributed by atoms with Crippen molar-refractivity contribution in [1.29, 1.82) is 0 Å². The predicted octanol–water partition coefficient (Wildman–Crippen LogP) is 1.22. The van der Waals surface area contributed by atoms with Crippen LogP contribution in [0, 0.1) is 5.92 Å². The van der Waals surface area contributed by atoms with Gasteiger partial charge in [-0.3, -0.25) is 4.79 Å². The van der Waals surface area contributed by atoms with Crippen LogP contribution in [0.1, 0.15) is 20.8 Å². The summed E-state index contributed by atoms with van der Waals surface area (Å²) in [5.41, 5.74) is 0. The molecule has 0 bridgehead atoms. The van der Waals surface area contributed by atoms with Crippen LogP contribution in [0.3, 0.4) is 0 Å². The van der Waals surface area contributed by atoms with E-state index >= 15 is 0 Å². The van der Waals surface area contributed by atoms with Crippen LogP contribution in [0.5, 0.6) is 0 Å². The summed E-state index contributed by atoms with van der Waals surface area (Å²) in [6.45, 7) is 7.59. The first-order valence-corrected chi connectivity index (χ1v) is 8.85. The standard InChI is InChI=1S/C14H22N8O2S/c1-5-15-11-18-12(16-6-9(2)3)20-13(19-11)22-8-17-14(21-22)25-7-10(23)24-4/h8-9H,5-7H2,1-4H3,(H2,15,16,18,19,20). The van der Waals surface area contributed by atoms with Gasteiger partial charge in [0.25, 0.3) is 5.95 Å². The van der Waals surface area contributed by atoms with E-state index in [4.69, 9.17) is 0 Å². The van der Waals surface area contributed by atoms with Crippen molar-refractivity contribution in [3.63, 3.8) is 0 Å². The molecule has 0 saturated carbocycles. The summed E-state index contributed by atoms with van der Waals surface area (Å²) in [4.78, 5) is 28.4. The van der Waals surface area contributed by atoms with Crippen molar-refractivity contribution in [2.45, 2.75) is 25.9 Å². The van der Waals surface area contributed by atoms with E-state index < -0.39 is 0 Å². The van der Waals surface area contributed by atoms with Gasteiger partial charge in [0.2, 0.25) is 17.1 Å². The van der Waals surface area contributed by atoms with Crippen LogP contribution in [0.4, 0.5) is 11.9 Å². The summed E-state index contributed by atoms with van der Waals surface area (Å²) in [7, 11) is 1.34. The average molecular weight is 366 g/mol. The first-order valence-electron chi connectivity index (χ1n) is 7.87. The fourth-order valence-corrected chi connectivity index (χ4v) is 2.30. The number of hydrogen-bond acceptors (Lipinski definition) is 10. The van der Waals surface area contributed by atoms with Crippen molar-refractivity contribution >= 4 is 29.6 Å². The maximum Gasteiger partial charge on any atom is 0.316 e. The average Bonchev–Trinajstić information content (AvgIpc) is 3.07. The molecule has 0 aromatic carbocycles. The van der Waals surface area contributed by atoms with Gasteiger partial charge in [-0.15, -0.1) is 5.10 Å². The van der Waals surface area contributed by atoms with E-state index in [9.17, 15) is 4.79 Å². The highest BCUT2D eigenvalue weighted by molar-refractivity contribution is 7.99. The zero-order valence-electron chi connectivity index (χ0n) is 14.7. The molecule has 0 atom stereocenters. The van der Waals surface area contributed by atoms with Crippen LogP contribution >= 0.6 is 11.8 Å². The Labute approximate surface area is 150 Å². The largest absolute Gasteiger partial charge is 0.468 e. The minimum absolute atomic E-state index is 0.140. The Morgan fingerprint density at radius 1 is 1.28 bits per heavy atom. The van der Waals surface area contributed by atoms with Gasteiger partial charge in [0.15, 0.2) is 0 Å². The summed E-state index contributed by atoms with van der Waals surface area (Å²) in [5, 5.41) is 11.0. The predicted molar refractivity (Wildman–Crippen MR) is 95.0 cm³/mol. The van der Waals surface area contributed by atoms with Crippen molar-refractivity contribution in [1.82, 2.24) is 29.7 Å². The maximum absolute atomic E-state index is 11.2. The van der Waals surface area contributed by atoms with Crippen molar-refractivity contribution in [3.8, 4) is 5.95 Å². The van der Waals surface area contributed by atoms with E-state index in [2.05, 4.69) is 54.3 Å². The van der Waals surface area contributed by atoms with Gasteiger partial charge in [0.05, 0.1) is 12.9 Å². The molecule has 0 aliphatic heterocycles. The minimum atomic E-state index is -0.337. The van der Waals surface area contributed by atoms with Crippen molar-refractivity contribution in [2.24, 2.45) is 5.92 Å². The number of methoxy groups -OCH3 is 1. The molecule has 10 nitrogen and oxygen atoms in total. The number of aromatic nitrogens is 6. The van der Waals surface area contributed by atoms with Crippen LogP contribution in [0.15, 0.2) is 11.5 Å². The molecule has 25 heavy (non-hydrogen) atoms. The summed E-state index contributed by atoms with van der Waals surface area (Å²) in [6, 6.07) is 0. The smallest absolute Gasteiger partial charge is 0.316 e. The lowest BCUT2D eigenvalue weighted by Crippen LogP contribution is -2.15. The van der Waals surface area contributed by atoms with Crippen LogP contribution in [0.2, 0.25) is 0 Å². The van der Waals surface area contributed by atoms with Crippen LogP contribution < -0.4 is 10.6 Å². The number of esters is 1. The van der Waals surface area contributed by atoms with Crippen molar-refractivity contribution in [3.05, 3.63) is 6.33 Å². The summed E-state index contributed by atoms with van der Waals surface area (Å²) >= 11 is 1.18.